The van der Waals surface area contributed by atoms with E-state index >= 15 is 0 Å². The summed E-state index contributed by atoms with van der Waals surface area (Å²) in [6, 6.07) is 46.5. The van der Waals surface area contributed by atoms with Crippen LogP contribution in [-0.4, -0.2) is 5.11 Å². The first kappa shape index (κ1) is 27.5. The molecule has 0 bridgehead atoms. The van der Waals surface area contributed by atoms with E-state index in [-0.39, 0.29) is 5.92 Å². The molecule has 7 rings (SSSR count). The summed E-state index contributed by atoms with van der Waals surface area (Å²) < 4.78 is 0. The van der Waals surface area contributed by atoms with Gasteiger partial charge in [0.25, 0.3) is 0 Å². The summed E-state index contributed by atoms with van der Waals surface area (Å²) in [5, 5.41) is 11.4. The number of nitrogens with zero attached hydrogens (tertiary/aromatic N) is 1. The van der Waals surface area contributed by atoms with Crippen molar-refractivity contribution in [2.75, 3.05) is 4.90 Å². The first-order valence-electron chi connectivity index (χ1n) is 15.4. The molecule has 2 aliphatic carbocycles. The molecule has 0 spiro atoms. The van der Waals surface area contributed by atoms with E-state index in [4.69, 9.17) is 0 Å². The Balaban J connectivity index is 1.12. The summed E-state index contributed by atoms with van der Waals surface area (Å²) in [5.74, 6) is 0.644. The standard InChI is InChI=1S/C42H35NO/c44-42-33(16-12-18-34-30-41(31-14-4-1-5-15-31)40-24-11-10-23-38(34)40)17-13-25-39(42)32-26-28-37(29-27-32)43(35-19-6-2-7-20-35)36-21-8-3-9-22-36/h1-15,17-26,28,30,41,44H,16,27,29H2/b18-12+/t41-/m1/s1. The quantitative estimate of drug-likeness (QED) is 0.201. The molecule has 0 radical (unpaired) electrons. The molecule has 1 atom stereocenters. The van der Waals surface area contributed by atoms with Crippen LogP contribution < -0.4 is 4.90 Å². The first-order chi connectivity index (χ1) is 21.8. The van der Waals surface area contributed by atoms with E-state index in [1.807, 2.05) is 12.1 Å². The number of hydrogen-bond acceptors (Lipinski definition) is 2. The Morgan fingerprint density at radius 1 is 0.636 bits per heavy atom. The lowest BCUT2D eigenvalue weighted by molar-refractivity contribution is 0.467. The van der Waals surface area contributed by atoms with Crippen LogP contribution in [-0.2, 0) is 6.42 Å². The Morgan fingerprint density at radius 2 is 1.27 bits per heavy atom. The number of allylic oxidation sites excluding steroid dienone is 8. The number of anilines is 2. The molecule has 0 heterocycles. The smallest absolute Gasteiger partial charge is 0.126 e. The number of para-hydroxylation sites is 3. The third-order valence-corrected chi connectivity index (χ3v) is 8.66. The van der Waals surface area contributed by atoms with Crippen LogP contribution in [0.3, 0.4) is 0 Å². The van der Waals surface area contributed by atoms with Crippen molar-refractivity contribution in [1.82, 2.24) is 0 Å². The molecule has 0 amide bonds. The Hall–Kier alpha value is -5.34. The van der Waals surface area contributed by atoms with E-state index in [1.54, 1.807) is 0 Å². The van der Waals surface area contributed by atoms with E-state index in [0.717, 1.165) is 40.9 Å². The molecule has 0 fully saturated rings. The fraction of sp³-hybridized carbons (Fsp3) is 0.0952. The topological polar surface area (TPSA) is 23.5 Å². The second kappa shape index (κ2) is 12.5. The van der Waals surface area contributed by atoms with E-state index in [0.29, 0.717) is 12.2 Å². The molecule has 214 valence electrons. The molecule has 44 heavy (non-hydrogen) atoms. The van der Waals surface area contributed by atoms with Gasteiger partial charge in [-0.05, 0) is 83.0 Å². The lowest BCUT2D eigenvalue weighted by Gasteiger charge is -2.30. The van der Waals surface area contributed by atoms with Crippen LogP contribution >= 0.6 is 0 Å². The third kappa shape index (κ3) is 5.55. The van der Waals surface area contributed by atoms with E-state index in [1.165, 1.54) is 28.0 Å². The molecule has 0 unspecified atom stereocenters. The van der Waals surface area contributed by atoms with Gasteiger partial charge in [0.2, 0.25) is 0 Å². The highest BCUT2D eigenvalue weighted by molar-refractivity contribution is 5.83. The van der Waals surface area contributed by atoms with Crippen LogP contribution in [0.1, 0.15) is 46.6 Å². The van der Waals surface area contributed by atoms with Gasteiger partial charge in [0.15, 0.2) is 0 Å². The third-order valence-electron chi connectivity index (χ3n) is 8.66. The zero-order valence-electron chi connectivity index (χ0n) is 24.7. The number of hydrogen-bond donors (Lipinski definition) is 1. The minimum absolute atomic E-state index is 0.264. The van der Waals surface area contributed by atoms with Crippen molar-refractivity contribution in [3.05, 3.63) is 197 Å². The number of phenolic OH excluding ortho intramolecular Hbond substituents is 1. The Bertz CT molecular complexity index is 1840. The van der Waals surface area contributed by atoms with Gasteiger partial charge in [-0.15, -0.1) is 0 Å². The lowest BCUT2D eigenvalue weighted by atomic mass is 9.92. The normalized spacial score (nSPS) is 15.8. The SMILES string of the molecule is Oc1c(C/C=C/C2=C[C@H](c3ccccc3)c3ccccc32)cccc1C1=CC=C(N(c2ccccc2)c2ccccc2)CC1. The van der Waals surface area contributed by atoms with Gasteiger partial charge < -0.3 is 10.0 Å². The number of aromatic hydroxyl groups is 1. The van der Waals surface area contributed by atoms with Crippen molar-refractivity contribution in [2.24, 2.45) is 0 Å². The number of rotatable bonds is 8. The van der Waals surface area contributed by atoms with Crippen LogP contribution in [0.4, 0.5) is 11.4 Å². The summed E-state index contributed by atoms with van der Waals surface area (Å²) in [4.78, 5) is 2.33. The summed E-state index contributed by atoms with van der Waals surface area (Å²) in [6.07, 6.45) is 13.5. The second-order valence-corrected chi connectivity index (χ2v) is 11.4. The maximum Gasteiger partial charge on any atom is 0.126 e. The zero-order chi connectivity index (χ0) is 29.7. The van der Waals surface area contributed by atoms with Gasteiger partial charge >= 0.3 is 0 Å². The van der Waals surface area contributed by atoms with Crippen molar-refractivity contribution >= 4 is 22.5 Å². The molecular weight excluding hydrogens is 534 g/mol. The lowest BCUT2D eigenvalue weighted by Crippen LogP contribution is -2.17. The maximum atomic E-state index is 11.4. The van der Waals surface area contributed by atoms with Crippen molar-refractivity contribution < 1.29 is 5.11 Å². The molecule has 0 saturated carbocycles. The fourth-order valence-electron chi connectivity index (χ4n) is 6.47. The van der Waals surface area contributed by atoms with Crippen molar-refractivity contribution in [1.29, 1.82) is 0 Å². The average molecular weight is 570 g/mol. The van der Waals surface area contributed by atoms with Crippen LogP contribution in [0.2, 0.25) is 0 Å². The summed E-state index contributed by atoms with van der Waals surface area (Å²) >= 11 is 0. The Kier molecular flexibility index (Phi) is 7.80. The highest BCUT2D eigenvalue weighted by atomic mass is 16.3. The number of fused-ring (bicyclic) bond motifs is 1. The summed E-state index contributed by atoms with van der Waals surface area (Å²) in [7, 11) is 0. The van der Waals surface area contributed by atoms with Crippen molar-refractivity contribution in [2.45, 2.75) is 25.2 Å². The van der Waals surface area contributed by atoms with Gasteiger partial charge in [-0.3, -0.25) is 0 Å². The minimum atomic E-state index is 0.264. The molecule has 0 saturated heterocycles. The van der Waals surface area contributed by atoms with Gasteiger partial charge in [-0.1, -0.05) is 133 Å². The van der Waals surface area contributed by atoms with Crippen LogP contribution in [0.15, 0.2) is 170 Å². The largest absolute Gasteiger partial charge is 0.507 e. The highest BCUT2D eigenvalue weighted by Crippen LogP contribution is 2.41. The molecule has 5 aromatic carbocycles. The van der Waals surface area contributed by atoms with Gasteiger partial charge in [0, 0.05) is 28.6 Å². The van der Waals surface area contributed by atoms with E-state index in [9.17, 15) is 5.11 Å². The van der Waals surface area contributed by atoms with Gasteiger partial charge in [-0.25, -0.2) is 0 Å². The molecule has 0 aromatic heterocycles. The summed E-state index contributed by atoms with van der Waals surface area (Å²) in [5.41, 5.74) is 11.7. The molecule has 0 aliphatic heterocycles. The fourth-order valence-corrected chi connectivity index (χ4v) is 6.47. The second-order valence-electron chi connectivity index (χ2n) is 11.4. The molecule has 2 heteroatoms. The van der Waals surface area contributed by atoms with Gasteiger partial charge in [0.1, 0.15) is 5.75 Å². The minimum Gasteiger partial charge on any atom is -0.507 e. The van der Waals surface area contributed by atoms with Crippen LogP contribution in [0.25, 0.3) is 11.1 Å². The predicted molar refractivity (Wildman–Crippen MR) is 184 cm³/mol. The highest BCUT2D eigenvalue weighted by Gasteiger charge is 2.23. The monoisotopic (exact) mass is 569 g/mol. The van der Waals surface area contributed by atoms with Crippen LogP contribution in [0, 0.1) is 0 Å². The van der Waals surface area contributed by atoms with Gasteiger partial charge in [-0.2, -0.15) is 0 Å². The molecule has 2 aliphatic rings. The maximum absolute atomic E-state index is 11.4. The zero-order valence-corrected chi connectivity index (χ0v) is 24.7. The molecule has 5 aromatic rings. The van der Waals surface area contributed by atoms with Crippen molar-refractivity contribution in [3.63, 3.8) is 0 Å². The molecule has 2 nitrogen and oxygen atoms in total. The van der Waals surface area contributed by atoms with Crippen molar-refractivity contribution in [3.8, 4) is 5.75 Å². The molecule has 1 N–H and O–H groups in total. The predicted octanol–water partition coefficient (Wildman–Crippen LogP) is 10.6. The number of phenols is 1. The molecular formula is C42H35NO. The Morgan fingerprint density at radius 3 is 1.95 bits per heavy atom. The first-order valence-corrected chi connectivity index (χ1v) is 15.4. The van der Waals surface area contributed by atoms with Crippen LogP contribution in [0.5, 0.6) is 5.75 Å². The van der Waals surface area contributed by atoms with Gasteiger partial charge in [0.05, 0.1) is 0 Å². The summed E-state index contributed by atoms with van der Waals surface area (Å²) in [6.45, 7) is 0. The van der Waals surface area contributed by atoms with E-state index in [2.05, 4.69) is 157 Å². The average Bonchev–Trinajstić information content (AvgIpc) is 3.46. The Labute approximate surface area is 260 Å². The number of benzene rings is 5. The van der Waals surface area contributed by atoms with E-state index < -0.39 is 0 Å².